The van der Waals surface area contributed by atoms with Gasteiger partial charge in [0.2, 0.25) is 0 Å². The minimum absolute atomic E-state index is 0.222. The first-order valence-electron chi connectivity index (χ1n) is 6.97. The molecule has 0 unspecified atom stereocenters. The van der Waals surface area contributed by atoms with Crippen LogP contribution < -0.4 is 5.32 Å². The minimum Gasteiger partial charge on any atom is -0.312 e. The molecule has 2 rings (SSSR count). The van der Waals surface area contributed by atoms with Crippen LogP contribution in [0.1, 0.15) is 19.4 Å². The fourth-order valence-corrected chi connectivity index (χ4v) is 3.11. The van der Waals surface area contributed by atoms with Gasteiger partial charge in [-0.3, -0.25) is 0 Å². The molecule has 0 aliphatic rings. The van der Waals surface area contributed by atoms with E-state index in [9.17, 15) is 4.39 Å². The first kappa shape index (κ1) is 16.3. The van der Waals surface area contributed by atoms with Crippen LogP contribution in [-0.2, 0) is 6.54 Å². The van der Waals surface area contributed by atoms with Gasteiger partial charge in [-0.05, 0) is 48.4 Å². The van der Waals surface area contributed by atoms with Gasteiger partial charge in [-0.15, -0.1) is 0 Å². The van der Waals surface area contributed by atoms with Crippen molar-refractivity contribution in [2.24, 2.45) is 5.92 Å². The molecular weight excluding hydrogens is 305 g/mol. The minimum atomic E-state index is -0.222. The molecule has 1 nitrogen and oxygen atoms in total. The quantitative estimate of drug-likeness (QED) is 0.766. The topological polar surface area (TPSA) is 12.0 Å². The van der Waals surface area contributed by atoms with Crippen molar-refractivity contribution >= 4 is 23.4 Å². The molecule has 0 saturated heterocycles. The van der Waals surface area contributed by atoms with Crippen LogP contribution in [-0.4, -0.2) is 6.54 Å². The zero-order valence-electron chi connectivity index (χ0n) is 12.2. The van der Waals surface area contributed by atoms with Crippen LogP contribution >= 0.6 is 23.4 Å². The summed E-state index contributed by atoms with van der Waals surface area (Å²) in [5, 5.41) is 4.12. The Morgan fingerprint density at radius 2 is 1.90 bits per heavy atom. The molecule has 0 aromatic heterocycles. The van der Waals surface area contributed by atoms with Crippen LogP contribution in [0, 0.1) is 11.7 Å². The van der Waals surface area contributed by atoms with Crippen LogP contribution in [0.5, 0.6) is 0 Å². The third-order valence-electron chi connectivity index (χ3n) is 2.92. The van der Waals surface area contributed by atoms with E-state index in [1.54, 1.807) is 6.07 Å². The second-order valence-corrected chi connectivity index (χ2v) is 6.89. The number of hydrogen-bond donors (Lipinski definition) is 1. The average Bonchev–Trinajstić information content (AvgIpc) is 2.41. The zero-order valence-corrected chi connectivity index (χ0v) is 13.8. The van der Waals surface area contributed by atoms with Crippen molar-refractivity contribution in [3.63, 3.8) is 0 Å². The van der Waals surface area contributed by atoms with E-state index in [2.05, 4.69) is 19.2 Å². The predicted octanol–water partition coefficient (Wildman–Crippen LogP) is 5.38. The van der Waals surface area contributed by atoms with Gasteiger partial charge < -0.3 is 5.32 Å². The van der Waals surface area contributed by atoms with Gasteiger partial charge in [0.25, 0.3) is 0 Å². The fraction of sp³-hybridized carbons (Fsp3) is 0.294. The maximum absolute atomic E-state index is 13.2. The molecule has 0 saturated carbocycles. The van der Waals surface area contributed by atoms with E-state index in [0.717, 1.165) is 33.5 Å². The summed E-state index contributed by atoms with van der Waals surface area (Å²) in [7, 11) is 0. The van der Waals surface area contributed by atoms with Crippen LogP contribution in [0.15, 0.2) is 52.3 Å². The molecule has 4 heteroatoms. The summed E-state index contributed by atoms with van der Waals surface area (Å²) in [6.07, 6.45) is 0. The molecule has 0 fully saturated rings. The molecule has 0 bridgehead atoms. The highest BCUT2D eigenvalue weighted by atomic mass is 35.5. The zero-order chi connectivity index (χ0) is 15.2. The van der Waals surface area contributed by atoms with E-state index < -0.39 is 0 Å². The van der Waals surface area contributed by atoms with Crippen LogP contribution in [0.2, 0.25) is 5.02 Å². The molecule has 112 valence electrons. The molecule has 0 amide bonds. The molecule has 2 aromatic rings. The standard InChI is InChI=1S/C17H19ClFNS/c1-12(2)10-20-11-13-6-7-16(9-17(13)18)21-15-5-3-4-14(19)8-15/h3-9,12,20H,10-11H2,1-2H3. The lowest BCUT2D eigenvalue weighted by atomic mass is 10.2. The third kappa shape index (κ3) is 5.34. The van der Waals surface area contributed by atoms with Gasteiger partial charge in [0, 0.05) is 21.4 Å². The second-order valence-electron chi connectivity index (χ2n) is 5.34. The van der Waals surface area contributed by atoms with E-state index in [1.165, 1.54) is 23.9 Å². The van der Waals surface area contributed by atoms with Crippen molar-refractivity contribution in [1.29, 1.82) is 0 Å². The molecule has 1 N–H and O–H groups in total. The SMILES string of the molecule is CC(C)CNCc1ccc(Sc2cccc(F)c2)cc1Cl. The highest BCUT2D eigenvalue weighted by molar-refractivity contribution is 7.99. The number of rotatable bonds is 6. The van der Waals surface area contributed by atoms with Gasteiger partial charge in [-0.1, -0.05) is 49.3 Å². The largest absolute Gasteiger partial charge is 0.312 e. The Morgan fingerprint density at radius 1 is 1.14 bits per heavy atom. The lowest BCUT2D eigenvalue weighted by Gasteiger charge is -2.10. The number of hydrogen-bond acceptors (Lipinski definition) is 2. The van der Waals surface area contributed by atoms with Crippen LogP contribution in [0.4, 0.5) is 4.39 Å². The van der Waals surface area contributed by atoms with Crippen molar-refractivity contribution in [3.05, 3.63) is 58.9 Å². The lowest BCUT2D eigenvalue weighted by molar-refractivity contribution is 0.552. The smallest absolute Gasteiger partial charge is 0.124 e. The molecule has 0 aliphatic heterocycles. The Balaban J connectivity index is 2.01. The van der Waals surface area contributed by atoms with E-state index in [4.69, 9.17) is 11.6 Å². The fourth-order valence-electron chi connectivity index (χ4n) is 1.90. The number of benzene rings is 2. The molecule has 0 heterocycles. The summed E-state index contributed by atoms with van der Waals surface area (Å²) in [4.78, 5) is 1.88. The number of nitrogens with one attached hydrogen (secondary N) is 1. The maximum atomic E-state index is 13.2. The summed E-state index contributed by atoms with van der Waals surface area (Å²) in [6.45, 7) is 6.08. The third-order valence-corrected chi connectivity index (χ3v) is 4.26. The highest BCUT2D eigenvalue weighted by Crippen LogP contribution is 2.31. The molecular formula is C17H19ClFNS. The van der Waals surface area contributed by atoms with Gasteiger partial charge in [-0.25, -0.2) is 4.39 Å². The predicted molar refractivity (Wildman–Crippen MR) is 88.5 cm³/mol. The van der Waals surface area contributed by atoms with E-state index >= 15 is 0 Å². The molecule has 21 heavy (non-hydrogen) atoms. The Morgan fingerprint density at radius 3 is 2.57 bits per heavy atom. The van der Waals surface area contributed by atoms with Crippen molar-refractivity contribution in [2.45, 2.75) is 30.2 Å². The second kappa shape index (κ2) is 7.83. The lowest BCUT2D eigenvalue weighted by Crippen LogP contribution is -2.19. The first-order chi connectivity index (χ1) is 10.0. The first-order valence-corrected chi connectivity index (χ1v) is 8.16. The molecule has 0 atom stereocenters. The summed E-state index contributed by atoms with van der Waals surface area (Å²) < 4.78 is 13.2. The Kier molecular flexibility index (Phi) is 6.09. The normalized spacial score (nSPS) is 11.1. The van der Waals surface area contributed by atoms with Gasteiger partial charge in [0.1, 0.15) is 5.82 Å². The van der Waals surface area contributed by atoms with Gasteiger partial charge >= 0.3 is 0 Å². The van der Waals surface area contributed by atoms with Crippen LogP contribution in [0.3, 0.4) is 0 Å². The van der Waals surface area contributed by atoms with Gasteiger partial charge in [0.05, 0.1) is 0 Å². The summed E-state index contributed by atoms with van der Waals surface area (Å²) in [6, 6.07) is 12.6. The molecule has 0 spiro atoms. The van der Waals surface area contributed by atoms with Crippen LogP contribution in [0.25, 0.3) is 0 Å². The highest BCUT2D eigenvalue weighted by Gasteiger charge is 2.04. The van der Waals surface area contributed by atoms with E-state index in [-0.39, 0.29) is 5.82 Å². The van der Waals surface area contributed by atoms with Crippen molar-refractivity contribution in [3.8, 4) is 0 Å². The monoisotopic (exact) mass is 323 g/mol. The van der Waals surface area contributed by atoms with Crippen molar-refractivity contribution < 1.29 is 4.39 Å². The Bertz CT molecular complexity index is 601. The maximum Gasteiger partial charge on any atom is 0.124 e. The average molecular weight is 324 g/mol. The summed E-state index contributed by atoms with van der Waals surface area (Å²) in [5.41, 5.74) is 1.08. The molecule has 0 aliphatic carbocycles. The van der Waals surface area contributed by atoms with E-state index in [0.29, 0.717) is 5.92 Å². The van der Waals surface area contributed by atoms with Gasteiger partial charge in [-0.2, -0.15) is 0 Å². The summed E-state index contributed by atoms with van der Waals surface area (Å²) in [5.74, 6) is 0.396. The van der Waals surface area contributed by atoms with Crippen molar-refractivity contribution in [2.75, 3.05) is 6.54 Å². The van der Waals surface area contributed by atoms with E-state index in [1.807, 2.05) is 24.3 Å². The molecule has 0 radical (unpaired) electrons. The number of halogens is 2. The Hall–Kier alpha value is -1.03. The van der Waals surface area contributed by atoms with Gasteiger partial charge in [0.15, 0.2) is 0 Å². The van der Waals surface area contributed by atoms with Crippen molar-refractivity contribution in [1.82, 2.24) is 5.32 Å². The molecule has 2 aromatic carbocycles. The summed E-state index contributed by atoms with van der Waals surface area (Å²) >= 11 is 7.82. The Labute approximate surface area is 134 Å².